The van der Waals surface area contributed by atoms with Crippen molar-refractivity contribution in [3.63, 3.8) is 0 Å². The minimum absolute atomic E-state index is 0.209. The zero-order chi connectivity index (χ0) is 18.8. The molecule has 2 heterocycles. The van der Waals surface area contributed by atoms with Gasteiger partial charge in [0.1, 0.15) is 0 Å². The summed E-state index contributed by atoms with van der Waals surface area (Å²) in [6, 6.07) is 11.5. The molecule has 0 unspecified atom stereocenters. The van der Waals surface area contributed by atoms with E-state index < -0.39 is 0 Å². The van der Waals surface area contributed by atoms with Crippen LogP contribution in [0.3, 0.4) is 0 Å². The van der Waals surface area contributed by atoms with Crippen LogP contribution in [0.25, 0.3) is 0 Å². The van der Waals surface area contributed by atoms with Crippen LogP contribution in [0.2, 0.25) is 0 Å². The van der Waals surface area contributed by atoms with E-state index in [1.165, 1.54) is 22.6 Å². The molecular weight excluding hydrogens is 338 g/mol. The molecule has 0 saturated heterocycles. The van der Waals surface area contributed by atoms with E-state index in [0.717, 1.165) is 19.4 Å². The van der Waals surface area contributed by atoms with Crippen molar-refractivity contribution >= 4 is 11.8 Å². The summed E-state index contributed by atoms with van der Waals surface area (Å²) in [5, 5.41) is 0. The molecule has 0 N–H and O–H groups in total. The smallest absolute Gasteiger partial charge is 0.261 e. The van der Waals surface area contributed by atoms with Gasteiger partial charge in [0, 0.05) is 19.3 Å². The third-order valence-corrected chi connectivity index (χ3v) is 5.42. The summed E-state index contributed by atoms with van der Waals surface area (Å²) in [5.74, 6) is -0.418. The van der Waals surface area contributed by atoms with Crippen LogP contribution >= 0.6 is 0 Å². The van der Waals surface area contributed by atoms with Gasteiger partial charge < -0.3 is 0 Å². The number of rotatable bonds is 5. The molecule has 0 bridgehead atoms. The first-order valence-electron chi connectivity index (χ1n) is 9.41. The highest BCUT2D eigenvalue weighted by molar-refractivity contribution is 6.21. The molecule has 5 nitrogen and oxygen atoms in total. The lowest BCUT2D eigenvalue weighted by molar-refractivity contribution is 0.0672. The SMILES string of the molecule is CN(C/C=C/CN1C(=O)c2ccccc2C1=O)[C@H]1CCCc2cccnc21. The summed E-state index contributed by atoms with van der Waals surface area (Å²) in [7, 11) is 2.10. The lowest BCUT2D eigenvalue weighted by atomic mass is 9.91. The number of nitrogens with zero attached hydrogens (tertiary/aromatic N) is 3. The lowest BCUT2D eigenvalue weighted by Gasteiger charge is -2.31. The van der Waals surface area contributed by atoms with E-state index >= 15 is 0 Å². The predicted molar refractivity (Wildman–Crippen MR) is 103 cm³/mol. The van der Waals surface area contributed by atoms with Gasteiger partial charge in [-0.1, -0.05) is 30.4 Å². The van der Waals surface area contributed by atoms with Gasteiger partial charge in [-0.25, -0.2) is 0 Å². The van der Waals surface area contributed by atoms with Gasteiger partial charge in [0.25, 0.3) is 11.8 Å². The average molecular weight is 361 g/mol. The molecule has 2 aliphatic rings. The Hall–Kier alpha value is -2.79. The molecule has 4 rings (SSSR count). The number of aryl methyl sites for hydroxylation is 1. The molecule has 0 saturated carbocycles. The van der Waals surface area contributed by atoms with Crippen molar-refractivity contribution < 1.29 is 9.59 Å². The van der Waals surface area contributed by atoms with Gasteiger partial charge in [-0.15, -0.1) is 0 Å². The van der Waals surface area contributed by atoms with Crippen LogP contribution in [-0.2, 0) is 6.42 Å². The third kappa shape index (κ3) is 3.30. The van der Waals surface area contributed by atoms with Gasteiger partial charge >= 0.3 is 0 Å². The molecule has 27 heavy (non-hydrogen) atoms. The van der Waals surface area contributed by atoms with Crippen LogP contribution < -0.4 is 0 Å². The lowest BCUT2D eigenvalue weighted by Crippen LogP contribution is -2.30. The molecule has 1 aliphatic carbocycles. The minimum atomic E-state index is -0.209. The second kappa shape index (κ2) is 7.45. The van der Waals surface area contributed by atoms with E-state index in [0.29, 0.717) is 23.7 Å². The highest BCUT2D eigenvalue weighted by Gasteiger charge is 2.34. The van der Waals surface area contributed by atoms with Gasteiger partial charge in [0.15, 0.2) is 0 Å². The van der Waals surface area contributed by atoms with Gasteiger partial charge in [-0.2, -0.15) is 0 Å². The number of hydrogen-bond acceptors (Lipinski definition) is 4. The van der Waals surface area contributed by atoms with Crippen LogP contribution in [0.5, 0.6) is 0 Å². The van der Waals surface area contributed by atoms with Crippen LogP contribution in [-0.4, -0.2) is 46.7 Å². The summed E-state index contributed by atoms with van der Waals surface area (Å²) in [4.78, 5) is 32.9. The number of benzene rings is 1. The van der Waals surface area contributed by atoms with E-state index in [9.17, 15) is 9.59 Å². The number of amides is 2. The first kappa shape index (κ1) is 17.6. The van der Waals surface area contributed by atoms with Crippen molar-refractivity contribution in [2.75, 3.05) is 20.1 Å². The number of likely N-dealkylation sites (N-methyl/N-ethyl adjacent to an activating group) is 1. The molecule has 2 amide bonds. The molecule has 2 aromatic rings. The summed E-state index contributed by atoms with van der Waals surface area (Å²) < 4.78 is 0. The van der Waals surface area contributed by atoms with E-state index in [1.807, 2.05) is 24.4 Å². The minimum Gasteiger partial charge on any atom is -0.294 e. The molecular formula is C22H23N3O2. The maximum absolute atomic E-state index is 12.4. The number of carbonyl (C=O) groups excluding carboxylic acids is 2. The first-order chi connectivity index (χ1) is 13.2. The van der Waals surface area contributed by atoms with Crippen molar-refractivity contribution in [3.05, 3.63) is 77.1 Å². The Morgan fingerprint density at radius 3 is 2.59 bits per heavy atom. The van der Waals surface area contributed by atoms with Crippen LogP contribution in [0.1, 0.15) is 50.9 Å². The molecule has 1 atom stereocenters. The maximum Gasteiger partial charge on any atom is 0.261 e. The van der Waals surface area contributed by atoms with Crippen molar-refractivity contribution in [2.24, 2.45) is 0 Å². The van der Waals surface area contributed by atoms with Gasteiger partial charge in [0.05, 0.1) is 22.9 Å². The van der Waals surface area contributed by atoms with Crippen LogP contribution in [0.4, 0.5) is 0 Å². The van der Waals surface area contributed by atoms with Crippen LogP contribution in [0.15, 0.2) is 54.7 Å². The van der Waals surface area contributed by atoms with E-state index in [-0.39, 0.29) is 11.8 Å². The Labute approximate surface area is 159 Å². The topological polar surface area (TPSA) is 53.5 Å². The number of aromatic nitrogens is 1. The molecule has 138 valence electrons. The van der Waals surface area contributed by atoms with Crippen molar-refractivity contribution in [1.82, 2.24) is 14.8 Å². The Balaban J connectivity index is 1.37. The van der Waals surface area contributed by atoms with Crippen molar-refractivity contribution in [1.29, 1.82) is 0 Å². The van der Waals surface area contributed by atoms with E-state index in [4.69, 9.17) is 0 Å². The van der Waals surface area contributed by atoms with Crippen molar-refractivity contribution in [2.45, 2.75) is 25.3 Å². The zero-order valence-corrected chi connectivity index (χ0v) is 15.5. The maximum atomic E-state index is 12.4. The predicted octanol–water partition coefficient (Wildman–Crippen LogP) is 3.24. The molecule has 1 aromatic heterocycles. The average Bonchev–Trinajstić information content (AvgIpc) is 2.95. The Bertz CT molecular complexity index is 871. The summed E-state index contributed by atoms with van der Waals surface area (Å²) >= 11 is 0. The van der Waals surface area contributed by atoms with Gasteiger partial charge in [-0.3, -0.25) is 24.4 Å². The van der Waals surface area contributed by atoms with Crippen molar-refractivity contribution in [3.8, 4) is 0 Å². The summed E-state index contributed by atoms with van der Waals surface area (Å²) in [5.41, 5.74) is 3.52. The molecule has 5 heteroatoms. The number of carbonyl (C=O) groups is 2. The van der Waals surface area contributed by atoms with Gasteiger partial charge in [-0.05, 0) is 50.1 Å². The second-order valence-electron chi connectivity index (χ2n) is 7.13. The highest BCUT2D eigenvalue weighted by atomic mass is 16.2. The van der Waals surface area contributed by atoms with Gasteiger partial charge in [0.2, 0.25) is 0 Å². The number of imide groups is 1. The first-order valence-corrected chi connectivity index (χ1v) is 9.41. The number of hydrogen-bond donors (Lipinski definition) is 0. The largest absolute Gasteiger partial charge is 0.294 e. The highest BCUT2D eigenvalue weighted by Crippen LogP contribution is 2.31. The number of fused-ring (bicyclic) bond motifs is 2. The molecule has 0 fully saturated rings. The van der Waals surface area contributed by atoms with Crippen LogP contribution in [0, 0.1) is 0 Å². The molecule has 0 radical (unpaired) electrons. The second-order valence-corrected chi connectivity index (χ2v) is 7.13. The molecule has 1 aromatic carbocycles. The standard InChI is InChI=1S/C22H23N3O2/c1-24(19-12-6-8-16-9-7-13-23-20(16)19)14-4-5-15-25-21(26)17-10-2-3-11-18(17)22(25)27/h2-5,7,9-11,13,19H,6,8,12,14-15H2,1H3/b5-4+/t19-/m0/s1. The van der Waals surface area contributed by atoms with E-state index in [1.54, 1.807) is 24.3 Å². The summed E-state index contributed by atoms with van der Waals surface area (Å²) in [6.45, 7) is 1.06. The fourth-order valence-electron chi connectivity index (χ4n) is 3.97. The zero-order valence-electron chi connectivity index (χ0n) is 15.5. The monoisotopic (exact) mass is 361 g/mol. The number of pyridine rings is 1. The Morgan fingerprint density at radius 1 is 1.11 bits per heavy atom. The fourth-order valence-corrected chi connectivity index (χ4v) is 3.97. The summed E-state index contributed by atoms with van der Waals surface area (Å²) in [6.07, 6.45) is 9.17. The Kier molecular flexibility index (Phi) is 4.86. The van der Waals surface area contributed by atoms with E-state index in [2.05, 4.69) is 23.0 Å². The Morgan fingerprint density at radius 2 is 1.85 bits per heavy atom. The quantitative estimate of drug-likeness (QED) is 0.606. The molecule has 1 aliphatic heterocycles. The fraction of sp³-hybridized carbons (Fsp3) is 0.318. The molecule has 0 spiro atoms. The normalized spacial score (nSPS) is 19.0. The third-order valence-electron chi connectivity index (χ3n) is 5.42.